The molecule has 1 saturated heterocycles. The van der Waals surface area contributed by atoms with E-state index in [1.807, 2.05) is 49.9 Å². The quantitative estimate of drug-likeness (QED) is 0.439. The molecule has 1 saturated carbocycles. The number of methoxy groups -OCH3 is 1. The van der Waals surface area contributed by atoms with E-state index in [4.69, 9.17) is 14.2 Å². The Balaban J connectivity index is 1.36. The summed E-state index contributed by atoms with van der Waals surface area (Å²) < 4.78 is 18.2. The molecule has 1 amide bonds. The van der Waals surface area contributed by atoms with Crippen molar-refractivity contribution < 1.29 is 23.8 Å². The Labute approximate surface area is 230 Å². The van der Waals surface area contributed by atoms with E-state index in [0.29, 0.717) is 31.8 Å². The lowest BCUT2D eigenvalue weighted by Gasteiger charge is -2.35. The van der Waals surface area contributed by atoms with Crippen molar-refractivity contribution in [1.29, 1.82) is 0 Å². The van der Waals surface area contributed by atoms with E-state index in [9.17, 15) is 9.59 Å². The van der Waals surface area contributed by atoms with Gasteiger partial charge in [-0.1, -0.05) is 37.1 Å². The minimum atomic E-state index is -0.608. The van der Waals surface area contributed by atoms with Crippen molar-refractivity contribution in [2.24, 2.45) is 5.92 Å². The number of ether oxygens (including phenoxy) is 3. The van der Waals surface area contributed by atoms with Crippen LogP contribution in [0.4, 0.5) is 4.79 Å². The second-order valence-corrected chi connectivity index (χ2v) is 11.8. The second kappa shape index (κ2) is 11.0. The zero-order valence-corrected chi connectivity index (χ0v) is 23.4. The molecule has 2 fully saturated rings. The van der Waals surface area contributed by atoms with E-state index < -0.39 is 17.1 Å². The van der Waals surface area contributed by atoms with Crippen LogP contribution in [0.25, 0.3) is 10.9 Å². The van der Waals surface area contributed by atoms with E-state index in [1.165, 1.54) is 4.68 Å². The van der Waals surface area contributed by atoms with Crippen LogP contribution < -0.4 is 4.74 Å². The first-order valence-electron chi connectivity index (χ1n) is 13.9. The molecule has 3 aromatic rings. The highest BCUT2D eigenvalue weighted by molar-refractivity contribution is 5.90. The molecule has 208 valence electrons. The summed E-state index contributed by atoms with van der Waals surface area (Å²) in [4.78, 5) is 28.9. The maximum absolute atomic E-state index is 14.2. The minimum absolute atomic E-state index is 0.126. The minimum Gasteiger partial charge on any atom is -0.497 e. The third-order valence-electron chi connectivity index (χ3n) is 7.91. The van der Waals surface area contributed by atoms with Crippen LogP contribution in [0.3, 0.4) is 0 Å². The average molecular weight is 534 g/mol. The molecule has 1 aliphatic heterocycles. The van der Waals surface area contributed by atoms with Gasteiger partial charge in [-0.15, -0.1) is 0 Å². The zero-order valence-electron chi connectivity index (χ0n) is 23.4. The van der Waals surface area contributed by atoms with Gasteiger partial charge in [-0.3, -0.25) is 4.79 Å². The summed E-state index contributed by atoms with van der Waals surface area (Å²) in [6, 6.07) is 13.9. The van der Waals surface area contributed by atoms with Crippen molar-refractivity contribution in [2.75, 3.05) is 33.4 Å². The molecule has 0 spiro atoms. The Morgan fingerprint density at radius 3 is 2.54 bits per heavy atom. The molecule has 1 unspecified atom stereocenters. The number of benzene rings is 2. The van der Waals surface area contributed by atoms with Crippen LogP contribution in [0.5, 0.6) is 5.75 Å². The van der Waals surface area contributed by atoms with Crippen LogP contribution in [0.15, 0.2) is 48.7 Å². The molecule has 0 radical (unpaired) electrons. The van der Waals surface area contributed by atoms with Crippen molar-refractivity contribution in [1.82, 2.24) is 14.7 Å². The summed E-state index contributed by atoms with van der Waals surface area (Å²) in [7, 11) is 1.66. The van der Waals surface area contributed by atoms with Gasteiger partial charge in [0, 0.05) is 24.4 Å². The molecule has 8 nitrogen and oxygen atoms in total. The topological polar surface area (TPSA) is 82.9 Å². The normalized spacial score (nSPS) is 19.6. The first-order valence-corrected chi connectivity index (χ1v) is 13.9. The van der Waals surface area contributed by atoms with Gasteiger partial charge in [0.1, 0.15) is 11.4 Å². The average Bonchev–Trinajstić information content (AvgIpc) is 3.52. The number of rotatable bonds is 5. The molecule has 2 aromatic carbocycles. The highest BCUT2D eigenvalue weighted by Crippen LogP contribution is 2.43. The summed E-state index contributed by atoms with van der Waals surface area (Å²) in [6.45, 7) is 7.85. The van der Waals surface area contributed by atoms with Gasteiger partial charge in [-0.05, 0) is 69.4 Å². The van der Waals surface area contributed by atoms with Gasteiger partial charge in [0.15, 0.2) is 0 Å². The Hall–Kier alpha value is -3.39. The fourth-order valence-electron chi connectivity index (χ4n) is 6.06. The number of amides is 1. The smallest absolute Gasteiger partial charge is 0.435 e. The monoisotopic (exact) mass is 533 g/mol. The molecule has 1 aromatic heterocycles. The van der Waals surface area contributed by atoms with Crippen LogP contribution in [0.2, 0.25) is 0 Å². The number of fused-ring (bicyclic) bond motifs is 1. The van der Waals surface area contributed by atoms with E-state index in [0.717, 1.165) is 54.4 Å². The predicted octanol–water partition coefficient (Wildman–Crippen LogP) is 5.36. The van der Waals surface area contributed by atoms with Crippen molar-refractivity contribution >= 4 is 22.9 Å². The molecule has 39 heavy (non-hydrogen) atoms. The van der Waals surface area contributed by atoms with Crippen LogP contribution in [0, 0.1) is 5.92 Å². The second-order valence-electron chi connectivity index (χ2n) is 11.8. The number of aromatic nitrogens is 2. The van der Waals surface area contributed by atoms with Crippen molar-refractivity contribution in [3.05, 3.63) is 59.8 Å². The van der Waals surface area contributed by atoms with Gasteiger partial charge in [0.2, 0.25) is 5.91 Å². The number of hydrogen-bond donors (Lipinski definition) is 0. The van der Waals surface area contributed by atoms with Gasteiger partial charge < -0.3 is 19.1 Å². The van der Waals surface area contributed by atoms with E-state index in [2.05, 4.69) is 23.3 Å². The van der Waals surface area contributed by atoms with Gasteiger partial charge in [-0.25, -0.2) is 4.79 Å². The predicted molar refractivity (Wildman–Crippen MR) is 149 cm³/mol. The van der Waals surface area contributed by atoms with Gasteiger partial charge in [0.25, 0.3) is 0 Å². The fourth-order valence-corrected chi connectivity index (χ4v) is 6.06. The Morgan fingerprint density at radius 2 is 1.85 bits per heavy atom. The Morgan fingerprint density at radius 1 is 1.10 bits per heavy atom. The molecule has 1 aliphatic carbocycles. The number of nitrogens with zero attached hydrogens (tertiary/aromatic N) is 3. The molecule has 0 N–H and O–H groups in total. The summed E-state index contributed by atoms with van der Waals surface area (Å²) in [6.07, 6.45) is 5.78. The number of hydrogen-bond acceptors (Lipinski definition) is 6. The highest BCUT2D eigenvalue weighted by atomic mass is 16.6. The Kier molecular flexibility index (Phi) is 7.67. The molecule has 2 aliphatic rings. The van der Waals surface area contributed by atoms with Gasteiger partial charge in [0.05, 0.1) is 37.5 Å². The van der Waals surface area contributed by atoms with Crippen LogP contribution in [0.1, 0.15) is 57.6 Å². The third kappa shape index (κ3) is 5.66. The largest absolute Gasteiger partial charge is 0.497 e. The molecular formula is C31H39N3O5. The first-order chi connectivity index (χ1) is 18.7. The SMILES string of the molecule is COc1ccc(C2(C(=O)N3CCOCC(Cc4cccc5c4cnn5C(=O)OC(C)(C)C)C3)CCCC2)cc1. The van der Waals surface area contributed by atoms with E-state index in [-0.39, 0.29) is 11.8 Å². The van der Waals surface area contributed by atoms with E-state index in [1.54, 1.807) is 13.3 Å². The molecule has 1 atom stereocenters. The third-order valence-corrected chi connectivity index (χ3v) is 7.91. The molecule has 0 bridgehead atoms. The zero-order chi connectivity index (χ0) is 27.6. The maximum atomic E-state index is 14.2. The highest BCUT2D eigenvalue weighted by Gasteiger charge is 2.45. The van der Waals surface area contributed by atoms with Crippen LogP contribution in [-0.2, 0) is 26.1 Å². The molecular weight excluding hydrogens is 494 g/mol. The molecule has 8 heteroatoms. The van der Waals surface area contributed by atoms with Gasteiger partial charge in [-0.2, -0.15) is 9.78 Å². The molecule has 2 heterocycles. The van der Waals surface area contributed by atoms with Crippen LogP contribution in [-0.4, -0.2) is 65.7 Å². The standard InChI is InChI=1S/C31H39N3O5/c1-30(2,3)39-29(36)34-27-9-7-8-23(26(27)19-32-34)18-22-20-33(16-17-38-21-22)28(35)31(14-5-6-15-31)24-10-12-25(37-4)13-11-24/h7-13,19,22H,5-6,14-18,20-21H2,1-4H3. The lowest BCUT2D eigenvalue weighted by atomic mass is 9.77. The lowest BCUT2D eigenvalue weighted by Crippen LogP contribution is -2.47. The summed E-state index contributed by atoms with van der Waals surface area (Å²) in [5.41, 5.74) is 1.77. The lowest BCUT2D eigenvalue weighted by molar-refractivity contribution is -0.137. The van der Waals surface area contributed by atoms with E-state index >= 15 is 0 Å². The van der Waals surface area contributed by atoms with Crippen LogP contribution >= 0.6 is 0 Å². The number of carbonyl (C=O) groups is 2. The Bertz CT molecular complexity index is 1320. The maximum Gasteiger partial charge on any atom is 0.435 e. The first kappa shape index (κ1) is 27.2. The summed E-state index contributed by atoms with van der Waals surface area (Å²) >= 11 is 0. The number of carbonyl (C=O) groups excluding carboxylic acids is 2. The van der Waals surface area contributed by atoms with Crippen molar-refractivity contribution in [3.8, 4) is 5.75 Å². The molecule has 5 rings (SSSR count). The fraction of sp³-hybridized carbons (Fsp3) is 0.516. The van der Waals surface area contributed by atoms with Crippen molar-refractivity contribution in [3.63, 3.8) is 0 Å². The van der Waals surface area contributed by atoms with Gasteiger partial charge >= 0.3 is 6.09 Å². The summed E-state index contributed by atoms with van der Waals surface area (Å²) in [5.74, 6) is 1.13. The van der Waals surface area contributed by atoms with Crippen molar-refractivity contribution in [2.45, 2.75) is 63.9 Å². The summed E-state index contributed by atoms with van der Waals surface area (Å²) in [5, 5.41) is 5.25.